The van der Waals surface area contributed by atoms with Crippen molar-refractivity contribution in [3.63, 3.8) is 0 Å². The summed E-state index contributed by atoms with van der Waals surface area (Å²) in [5, 5.41) is 17.7. The average molecular weight is 144 g/mol. The number of hydrogen-bond acceptors (Lipinski definition) is 2. The van der Waals surface area contributed by atoms with Crippen LogP contribution < -0.4 is 0 Å². The summed E-state index contributed by atoms with van der Waals surface area (Å²) in [6.07, 6.45) is 1.70. The van der Waals surface area contributed by atoms with Crippen molar-refractivity contribution in [1.82, 2.24) is 0 Å². The van der Waals surface area contributed by atoms with Crippen LogP contribution in [-0.4, -0.2) is 21.8 Å². The van der Waals surface area contributed by atoms with Gasteiger partial charge in [0.15, 0.2) is 5.60 Å². The Bertz CT molecular complexity index is 142. The van der Waals surface area contributed by atoms with E-state index in [9.17, 15) is 9.90 Å². The molecule has 0 saturated carbocycles. The first kappa shape index (κ1) is 9.17. The fourth-order valence-electron chi connectivity index (χ4n) is 0.622. The van der Waals surface area contributed by atoms with E-state index in [1.54, 1.807) is 6.92 Å². The lowest BCUT2D eigenvalue weighted by molar-refractivity contribution is -0.158. The summed E-state index contributed by atoms with van der Waals surface area (Å²) < 4.78 is 0. The maximum atomic E-state index is 10.3. The molecule has 3 heteroatoms. The van der Waals surface area contributed by atoms with E-state index in [2.05, 4.69) is 6.58 Å². The van der Waals surface area contributed by atoms with Crippen LogP contribution in [-0.2, 0) is 4.79 Å². The lowest BCUT2D eigenvalue weighted by atomic mass is 9.97. The van der Waals surface area contributed by atoms with Crippen LogP contribution in [0.5, 0.6) is 0 Å². The smallest absolute Gasteiger partial charge is 0.335 e. The summed E-state index contributed by atoms with van der Waals surface area (Å²) >= 11 is 0. The molecule has 0 heterocycles. The van der Waals surface area contributed by atoms with Gasteiger partial charge in [-0.2, -0.15) is 0 Å². The van der Waals surface area contributed by atoms with E-state index in [1.807, 2.05) is 0 Å². The largest absolute Gasteiger partial charge is 0.479 e. The lowest BCUT2D eigenvalue weighted by Crippen LogP contribution is -2.36. The van der Waals surface area contributed by atoms with Crippen molar-refractivity contribution in [1.29, 1.82) is 0 Å². The van der Waals surface area contributed by atoms with Crippen molar-refractivity contribution < 1.29 is 15.0 Å². The lowest BCUT2D eigenvalue weighted by Gasteiger charge is -2.18. The van der Waals surface area contributed by atoms with E-state index in [0.29, 0.717) is 0 Å². The van der Waals surface area contributed by atoms with Crippen molar-refractivity contribution in [2.45, 2.75) is 25.4 Å². The molecule has 3 nitrogen and oxygen atoms in total. The molecule has 0 aliphatic heterocycles. The van der Waals surface area contributed by atoms with E-state index in [1.165, 1.54) is 6.08 Å². The molecule has 0 amide bonds. The van der Waals surface area contributed by atoms with Crippen LogP contribution in [0.4, 0.5) is 0 Å². The fraction of sp³-hybridized carbons (Fsp3) is 0.571. The number of carboxylic acid groups (broad SMARTS) is 1. The number of carbonyl (C=O) groups is 1. The molecule has 0 bridgehead atoms. The molecule has 0 aromatic carbocycles. The van der Waals surface area contributed by atoms with Gasteiger partial charge in [0.05, 0.1) is 0 Å². The Balaban J connectivity index is 4.21. The van der Waals surface area contributed by atoms with E-state index in [-0.39, 0.29) is 12.8 Å². The summed E-state index contributed by atoms with van der Waals surface area (Å²) in [6.45, 7) is 4.98. The molecule has 0 saturated heterocycles. The number of aliphatic hydroxyl groups is 1. The van der Waals surface area contributed by atoms with Gasteiger partial charge >= 0.3 is 5.97 Å². The summed E-state index contributed by atoms with van der Waals surface area (Å²) in [7, 11) is 0. The van der Waals surface area contributed by atoms with Crippen LogP contribution in [0.15, 0.2) is 12.7 Å². The normalized spacial score (nSPS) is 15.8. The Labute approximate surface area is 60.0 Å². The van der Waals surface area contributed by atoms with Crippen molar-refractivity contribution in [3.05, 3.63) is 12.7 Å². The average Bonchev–Trinajstić information content (AvgIpc) is 1.88. The van der Waals surface area contributed by atoms with E-state index >= 15 is 0 Å². The van der Waals surface area contributed by atoms with Crippen LogP contribution in [0.1, 0.15) is 19.8 Å². The Morgan fingerprint density at radius 1 is 1.80 bits per heavy atom. The van der Waals surface area contributed by atoms with Gasteiger partial charge in [-0.15, -0.1) is 6.58 Å². The van der Waals surface area contributed by atoms with Gasteiger partial charge in [-0.05, 0) is 6.42 Å². The summed E-state index contributed by atoms with van der Waals surface area (Å²) in [6, 6.07) is 0. The van der Waals surface area contributed by atoms with Crippen LogP contribution >= 0.6 is 0 Å². The predicted molar refractivity (Wildman–Crippen MR) is 37.7 cm³/mol. The molecule has 58 valence electrons. The van der Waals surface area contributed by atoms with Gasteiger partial charge in [0.25, 0.3) is 0 Å². The molecule has 0 aliphatic rings. The fourth-order valence-corrected chi connectivity index (χ4v) is 0.622. The second-order valence-electron chi connectivity index (χ2n) is 2.18. The van der Waals surface area contributed by atoms with Gasteiger partial charge in [0.2, 0.25) is 0 Å². The summed E-state index contributed by atoms with van der Waals surface area (Å²) in [4.78, 5) is 10.3. The monoisotopic (exact) mass is 144 g/mol. The zero-order valence-corrected chi connectivity index (χ0v) is 6.00. The minimum absolute atomic E-state index is 0.0961. The SMILES string of the molecule is C=CCC(O)(CC)C(=O)O. The van der Waals surface area contributed by atoms with Crippen LogP contribution in [0.3, 0.4) is 0 Å². The van der Waals surface area contributed by atoms with Gasteiger partial charge < -0.3 is 10.2 Å². The molecule has 0 rings (SSSR count). The minimum atomic E-state index is -1.61. The Morgan fingerprint density at radius 2 is 2.30 bits per heavy atom. The highest BCUT2D eigenvalue weighted by molar-refractivity contribution is 5.77. The first-order valence-electron chi connectivity index (χ1n) is 3.13. The standard InChI is InChI=1S/C7H12O3/c1-3-5-7(10,4-2)6(8)9/h3,10H,1,4-5H2,2H3,(H,8,9). The van der Waals surface area contributed by atoms with E-state index in [0.717, 1.165) is 0 Å². The number of rotatable bonds is 4. The first-order valence-corrected chi connectivity index (χ1v) is 3.13. The molecule has 10 heavy (non-hydrogen) atoms. The molecule has 0 fully saturated rings. The van der Waals surface area contributed by atoms with Crippen LogP contribution in [0.2, 0.25) is 0 Å². The molecule has 0 aromatic rings. The third-order valence-electron chi connectivity index (χ3n) is 1.47. The number of aliphatic carboxylic acids is 1. The molecule has 0 aromatic heterocycles. The molecule has 2 N–H and O–H groups in total. The quantitative estimate of drug-likeness (QED) is 0.573. The van der Waals surface area contributed by atoms with Crippen molar-refractivity contribution in [2.24, 2.45) is 0 Å². The molecule has 1 unspecified atom stereocenters. The highest BCUT2D eigenvalue weighted by Gasteiger charge is 2.31. The van der Waals surface area contributed by atoms with Gasteiger partial charge in [-0.3, -0.25) is 0 Å². The second kappa shape index (κ2) is 3.37. The zero-order valence-electron chi connectivity index (χ0n) is 6.00. The maximum absolute atomic E-state index is 10.3. The molecular formula is C7H12O3. The highest BCUT2D eigenvalue weighted by Crippen LogP contribution is 2.14. The molecule has 0 aliphatic carbocycles. The highest BCUT2D eigenvalue weighted by atomic mass is 16.4. The minimum Gasteiger partial charge on any atom is -0.479 e. The van der Waals surface area contributed by atoms with E-state index in [4.69, 9.17) is 5.11 Å². The van der Waals surface area contributed by atoms with Gasteiger partial charge in [0, 0.05) is 6.42 Å². The topological polar surface area (TPSA) is 57.5 Å². The van der Waals surface area contributed by atoms with Gasteiger partial charge in [0.1, 0.15) is 0 Å². The molecule has 1 atom stereocenters. The Morgan fingerprint density at radius 3 is 2.40 bits per heavy atom. The van der Waals surface area contributed by atoms with Crippen molar-refractivity contribution in [3.8, 4) is 0 Å². The Hall–Kier alpha value is -0.830. The van der Waals surface area contributed by atoms with Crippen LogP contribution in [0.25, 0.3) is 0 Å². The third-order valence-corrected chi connectivity index (χ3v) is 1.47. The number of carboxylic acids is 1. The van der Waals surface area contributed by atoms with Gasteiger partial charge in [-0.1, -0.05) is 13.0 Å². The number of hydrogen-bond donors (Lipinski definition) is 2. The summed E-state index contributed by atoms with van der Waals surface area (Å²) in [5.74, 6) is -1.19. The summed E-state index contributed by atoms with van der Waals surface area (Å²) in [5.41, 5.74) is -1.61. The maximum Gasteiger partial charge on any atom is 0.335 e. The van der Waals surface area contributed by atoms with Crippen LogP contribution in [0, 0.1) is 0 Å². The van der Waals surface area contributed by atoms with Crippen molar-refractivity contribution in [2.75, 3.05) is 0 Å². The van der Waals surface area contributed by atoms with Gasteiger partial charge in [-0.25, -0.2) is 4.79 Å². The zero-order chi connectivity index (χ0) is 8.20. The first-order chi connectivity index (χ1) is 4.56. The molecule has 0 radical (unpaired) electrons. The Kier molecular flexibility index (Phi) is 3.09. The third kappa shape index (κ3) is 1.84. The molecular weight excluding hydrogens is 132 g/mol. The van der Waals surface area contributed by atoms with E-state index < -0.39 is 11.6 Å². The molecule has 0 spiro atoms. The predicted octanol–water partition coefficient (Wildman–Crippen LogP) is 0.788. The second-order valence-corrected chi connectivity index (χ2v) is 2.18. The van der Waals surface area contributed by atoms with Crippen molar-refractivity contribution >= 4 is 5.97 Å².